The Balaban J connectivity index is 1.38. The van der Waals surface area contributed by atoms with Crippen molar-refractivity contribution in [1.82, 2.24) is 0 Å². The summed E-state index contributed by atoms with van der Waals surface area (Å²) in [6.07, 6.45) is 17.9. The third-order valence-electron chi connectivity index (χ3n) is 8.10. The zero-order chi connectivity index (χ0) is 24.6. The molecule has 0 unspecified atom stereocenters. The average molecular weight is 485 g/mol. The molecule has 0 saturated heterocycles. The summed E-state index contributed by atoms with van der Waals surface area (Å²) in [5.41, 5.74) is -1.43. The molecule has 0 heterocycles. The summed E-state index contributed by atoms with van der Waals surface area (Å²) in [7, 11) is 0. The lowest BCUT2D eigenvalue weighted by Gasteiger charge is -2.29. The molecule has 5 heteroatoms. The van der Waals surface area contributed by atoms with Crippen molar-refractivity contribution in [2.24, 2.45) is 17.8 Å². The molecule has 2 saturated carbocycles. The Bertz CT molecular complexity index is 742. The maximum absolute atomic E-state index is 14.0. The highest BCUT2D eigenvalue weighted by molar-refractivity contribution is 5.31. The molecule has 0 N–H and O–H groups in total. The maximum atomic E-state index is 14.0. The molecule has 192 valence electrons. The first-order chi connectivity index (χ1) is 16.3. The molecule has 0 bridgehead atoms. The van der Waals surface area contributed by atoms with Crippen LogP contribution in [-0.2, 0) is 6.18 Å². The van der Waals surface area contributed by atoms with Crippen molar-refractivity contribution in [3.05, 3.63) is 47.0 Å². The van der Waals surface area contributed by atoms with Crippen molar-refractivity contribution < 1.29 is 22.0 Å². The number of hydrogen-bond donors (Lipinski definition) is 0. The van der Waals surface area contributed by atoms with Gasteiger partial charge in [-0.1, -0.05) is 64.0 Å². The minimum atomic E-state index is -5.01. The first kappa shape index (κ1) is 27.2. The number of halogens is 5. The van der Waals surface area contributed by atoms with Gasteiger partial charge >= 0.3 is 6.18 Å². The van der Waals surface area contributed by atoms with Crippen LogP contribution < -0.4 is 0 Å². The van der Waals surface area contributed by atoms with Gasteiger partial charge in [0.25, 0.3) is 0 Å². The number of unbranched alkanes of at least 4 members (excludes halogenated alkanes) is 5. The molecule has 0 nitrogen and oxygen atoms in total. The summed E-state index contributed by atoms with van der Waals surface area (Å²) in [6, 6.07) is 1.77. The van der Waals surface area contributed by atoms with Crippen LogP contribution in [0.5, 0.6) is 0 Å². The Morgan fingerprint density at radius 2 is 1.24 bits per heavy atom. The van der Waals surface area contributed by atoms with E-state index < -0.39 is 23.4 Å². The van der Waals surface area contributed by atoms with Crippen molar-refractivity contribution >= 4 is 0 Å². The molecule has 2 fully saturated rings. The summed E-state index contributed by atoms with van der Waals surface area (Å²) >= 11 is 0. The van der Waals surface area contributed by atoms with Crippen molar-refractivity contribution in [3.8, 4) is 0 Å². The molecular formula is C29H41F5. The molecule has 2 aliphatic carbocycles. The van der Waals surface area contributed by atoms with Crippen LogP contribution in [-0.4, -0.2) is 0 Å². The second-order valence-corrected chi connectivity index (χ2v) is 10.7. The van der Waals surface area contributed by atoms with Gasteiger partial charge in [-0.2, -0.15) is 13.2 Å². The Hall–Kier alpha value is -1.39. The van der Waals surface area contributed by atoms with Gasteiger partial charge in [0.05, 0.1) is 0 Å². The normalized spacial score (nSPS) is 26.3. The molecule has 0 spiro atoms. The smallest absolute Gasteiger partial charge is 0.206 e. The maximum Gasteiger partial charge on any atom is 0.422 e. The van der Waals surface area contributed by atoms with Gasteiger partial charge < -0.3 is 0 Å². The molecular weight excluding hydrogens is 443 g/mol. The summed E-state index contributed by atoms with van der Waals surface area (Å²) in [4.78, 5) is 0. The van der Waals surface area contributed by atoms with Crippen LogP contribution in [0.2, 0.25) is 0 Å². The molecule has 2 aliphatic rings. The fourth-order valence-electron chi connectivity index (χ4n) is 5.94. The van der Waals surface area contributed by atoms with Crippen molar-refractivity contribution in [1.29, 1.82) is 0 Å². The second-order valence-electron chi connectivity index (χ2n) is 10.7. The van der Waals surface area contributed by atoms with Crippen molar-refractivity contribution in [2.45, 2.75) is 115 Å². The highest BCUT2D eigenvalue weighted by atomic mass is 19.4. The molecule has 1 aromatic rings. The number of hydrogen-bond acceptors (Lipinski definition) is 0. The molecule has 3 rings (SSSR count). The summed E-state index contributed by atoms with van der Waals surface area (Å²) in [5.74, 6) is -1.06. The van der Waals surface area contributed by atoms with Gasteiger partial charge in [0.15, 0.2) is 0 Å². The van der Waals surface area contributed by atoms with Gasteiger partial charge in [-0.15, -0.1) is 0 Å². The second kappa shape index (κ2) is 13.1. The fraction of sp³-hybridized carbons (Fsp3) is 0.724. The van der Waals surface area contributed by atoms with E-state index in [1.807, 2.05) is 0 Å². The van der Waals surface area contributed by atoms with E-state index in [2.05, 4.69) is 19.1 Å². The minimum absolute atomic E-state index is 0.0756. The first-order valence-electron chi connectivity index (χ1n) is 13.5. The van der Waals surface area contributed by atoms with Gasteiger partial charge in [-0.3, -0.25) is 0 Å². The largest absolute Gasteiger partial charge is 0.422 e. The van der Waals surface area contributed by atoms with Crippen LogP contribution in [0.15, 0.2) is 24.3 Å². The number of benzene rings is 1. The number of alkyl halides is 3. The van der Waals surface area contributed by atoms with Crippen LogP contribution in [0.1, 0.15) is 120 Å². The quantitative estimate of drug-likeness (QED) is 0.176. The highest BCUT2D eigenvalue weighted by Gasteiger charge is 2.38. The van der Waals surface area contributed by atoms with Crippen LogP contribution >= 0.6 is 0 Å². The van der Waals surface area contributed by atoms with E-state index in [1.165, 1.54) is 70.6 Å². The predicted octanol–water partition coefficient (Wildman–Crippen LogP) is 10.4. The summed E-state index contributed by atoms with van der Waals surface area (Å²) in [6.45, 7) is 2.26. The molecule has 0 amide bonds. The average Bonchev–Trinajstić information content (AvgIpc) is 2.79. The highest BCUT2D eigenvalue weighted by Crippen LogP contribution is 2.40. The Labute approximate surface area is 202 Å². The van der Waals surface area contributed by atoms with E-state index in [1.54, 1.807) is 0 Å². The molecule has 34 heavy (non-hydrogen) atoms. The van der Waals surface area contributed by atoms with Crippen molar-refractivity contribution in [3.63, 3.8) is 0 Å². The number of allylic oxidation sites excluding steroid dienone is 2. The van der Waals surface area contributed by atoms with Gasteiger partial charge in [-0.05, 0) is 92.7 Å². The topological polar surface area (TPSA) is 0 Å². The van der Waals surface area contributed by atoms with E-state index in [0.717, 1.165) is 43.7 Å². The van der Waals surface area contributed by atoms with Crippen LogP contribution in [0.3, 0.4) is 0 Å². The minimum Gasteiger partial charge on any atom is -0.206 e. The van der Waals surface area contributed by atoms with Gasteiger partial charge in [0.2, 0.25) is 0 Å². The fourth-order valence-corrected chi connectivity index (χ4v) is 5.94. The zero-order valence-electron chi connectivity index (χ0n) is 20.6. The van der Waals surface area contributed by atoms with E-state index in [-0.39, 0.29) is 5.92 Å². The van der Waals surface area contributed by atoms with E-state index >= 15 is 0 Å². The third-order valence-corrected chi connectivity index (χ3v) is 8.10. The third kappa shape index (κ3) is 8.09. The molecule has 0 aliphatic heterocycles. The standard InChI is InChI=1S/C29H41F5/c1-2-3-4-5-6-7-8-21-9-11-22(12-10-21)13-14-23-15-17-24(18-16-23)25-19-26(30)28(27(31)20-25)29(32,33)34/h13-14,19-24H,2-12,15-18H2,1H3/b14-13+. The lowest BCUT2D eigenvalue weighted by atomic mass is 9.76. The zero-order valence-corrected chi connectivity index (χ0v) is 20.6. The van der Waals surface area contributed by atoms with E-state index in [4.69, 9.17) is 0 Å². The molecule has 0 atom stereocenters. The van der Waals surface area contributed by atoms with Gasteiger partial charge in [-0.25, -0.2) is 8.78 Å². The van der Waals surface area contributed by atoms with Gasteiger partial charge in [0.1, 0.15) is 17.2 Å². The Morgan fingerprint density at radius 1 is 0.735 bits per heavy atom. The lowest BCUT2D eigenvalue weighted by Crippen LogP contribution is -2.16. The summed E-state index contributed by atoms with van der Waals surface area (Å²) < 4.78 is 66.3. The van der Waals surface area contributed by atoms with Crippen molar-refractivity contribution in [2.75, 3.05) is 0 Å². The predicted molar refractivity (Wildman–Crippen MR) is 129 cm³/mol. The monoisotopic (exact) mass is 484 g/mol. The molecule has 1 aromatic carbocycles. The van der Waals surface area contributed by atoms with Crippen LogP contribution in [0.25, 0.3) is 0 Å². The van der Waals surface area contributed by atoms with Crippen LogP contribution in [0.4, 0.5) is 22.0 Å². The Kier molecular flexibility index (Phi) is 10.5. The number of rotatable bonds is 10. The lowest BCUT2D eigenvalue weighted by molar-refractivity contribution is -0.142. The van der Waals surface area contributed by atoms with Gasteiger partial charge in [0, 0.05) is 0 Å². The molecule has 0 radical (unpaired) electrons. The first-order valence-corrected chi connectivity index (χ1v) is 13.5. The van der Waals surface area contributed by atoms with Crippen LogP contribution in [0, 0.1) is 29.4 Å². The van der Waals surface area contributed by atoms with E-state index in [9.17, 15) is 22.0 Å². The summed E-state index contributed by atoms with van der Waals surface area (Å²) in [5, 5.41) is 0. The van der Waals surface area contributed by atoms with E-state index in [0.29, 0.717) is 17.4 Å². The molecule has 0 aromatic heterocycles. The Morgan fingerprint density at radius 3 is 1.76 bits per heavy atom. The SMILES string of the molecule is CCCCCCCCC1CCC(/C=C/C2CCC(c3cc(F)c(C(F)(F)F)c(F)c3)CC2)CC1.